The molecule has 0 saturated heterocycles. The number of nitrogens with one attached hydrogen (secondary N) is 1. The highest BCUT2D eigenvalue weighted by atomic mass is 32.1. The monoisotopic (exact) mass is 368 g/mol. The molecule has 3 rings (SSSR count). The normalized spacial score (nSPS) is 10.9. The van der Waals surface area contributed by atoms with Gasteiger partial charge in [0.05, 0.1) is 16.8 Å². The second-order valence-electron chi connectivity index (χ2n) is 6.45. The van der Waals surface area contributed by atoms with Crippen molar-refractivity contribution in [1.82, 2.24) is 4.98 Å². The van der Waals surface area contributed by atoms with Gasteiger partial charge in [-0.1, -0.05) is 36.5 Å². The number of benzene rings is 2. The van der Waals surface area contributed by atoms with Crippen molar-refractivity contribution >= 4 is 32.6 Å². The number of carbonyl (C=O) groups excluding carboxylic acids is 1. The number of hydrogen-bond acceptors (Lipinski definition) is 4. The Kier molecular flexibility index (Phi) is 5.89. The van der Waals surface area contributed by atoms with E-state index in [2.05, 4.69) is 48.4 Å². The molecule has 0 spiro atoms. The number of nitrogens with zero attached hydrogens (tertiary/aromatic N) is 1. The van der Waals surface area contributed by atoms with Crippen LogP contribution in [0, 0.1) is 13.8 Å². The lowest BCUT2D eigenvalue weighted by atomic mass is 10.1. The number of rotatable bonds is 7. The summed E-state index contributed by atoms with van der Waals surface area (Å²) >= 11 is 1.52. The summed E-state index contributed by atoms with van der Waals surface area (Å²) in [6.45, 7) is 6.77. The van der Waals surface area contributed by atoms with Crippen LogP contribution in [0.2, 0.25) is 0 Å². The Labute approximate surface area is 158 Å². The fourth-order valence-corrected chi connectivity index (χ4v) is 3.91. The third-order valence-electron chi connectivity index (χ3n) is 4.22. The number of aromatic nitrogens is 1. The molecule has 5 heteroatoms. The van der Waals surface area contributed by atoms with E-state index in [4.69, 9.17) is 4.74 Å². The van der Waals surface area contributed by atoms with Crippen LogP contribution in [0.25, 0.3) is 10.2 Å². The van der Waals surface area contributed by atoms with Crippen molar-refractivity contribution in [3.63, 3.8) is 0 Å². The van der Waals surface area contributed by atoms with Gasteiger partial charge in [0.2, 0.25) is 5.91 Å². The first-order valence-corrected chi connectivity index (χ1v) is 9.76. The molecule has 0 atom stereocenters. The largest absolute Gasteiger partial charge is 0.494 e. The van der Waals surface area contributed by atoms with Gasteiger partial charge in [0.15, 0.2) is 5.13 Å². The minimum absolute atomic E-state index is 0.0247. The Bertz CT molecular complexity index is 900. The van der Waals surface area contributed by atoms with E-state index in [1.807, 2.05) is 19.1 Å². The van der Waals surface area contributed by atoms with Gasteiger partial charge in [-0.15, -0.1) is 0 Å². The maximum atomic E-state index is 12.1. The standard InChI is InChI=1S/C21H24N2O2S/c1-4-16-7-9-17(10-8-16)25-11-5-6-19(24)22-21-23-20-15(3)12-14(2)13-18(20)26-21/h7-10,12-13H,4-6,11H2,1-3H3,(H,22,23,24). The molecule has 1 heterocycles. The lowest BCUT2D eigenvalue weighted by Crippen LogP contribution is -2.12. The van der Waals surface area contributed by atoms with E-state index < -0.39 is 0 Å². The highest BCUT2D eigenvalue weighted by molar-refractivity contribution is 7.22. The number of aryl methyl sites for hydroxylation is 3. The van der Waals surface area contributed by atoms with Crippen molar-refractivity contribution in [2.24, 2.45) is 0 Å². The van der Waals surface area contributed by atoms with Crippen LogP contribution < -0.4 is 10.1 Å². The van der Waals surface area contributed by atoms with Gasteiger partial charge in [-0.3, -0.25) is 4.79 Å². The van der Waals surface area contributed by atoms with E-state index in [1.165, 1.54) is 22.5 Å². The van der Waals surface area contributed by atoms with Gasteiger partial charge >= 0.3 is 0 Å². The van der Waals surface area contributed by atoms with Crippen LogP contribution in [0.5, 0.6) is 5.75 Å². The molecule has 1 aromatic heterocycles. The van der Waals surface area contributed by atoms with Gasteiger partial charge in [-0.2, -0.15) is 0 Å². The van der Waals surface area contributed by atoms with Gasteiger partial charge in [0, 0.05) is 6.42 Å². The molecule has 0 bridgehead atoms. The van der Waals surface area contributed by atoms with Crippen molar-refractivity contribution in [1.29, 1.82) is 0 Å². The maximum Gasteiger partial charge on any atom is 0.226 e. The molecule has 2 aromatic carbocycles. The summed E-state index contributed by atoms with van der Waals surface area (Å²) in [6.07, 6.45) is 2.11. The van der Waals surface area contributed by atoms with E-state index in [-0.39, 0.29) is 5.91 Å². The number of anilines is 1. The summed E-state index contributed by atoms with van der Waals surface area (Å²) < 4.78 is 6.80. The number of carbonyl (C=O) groups is 1. The predicted molar refractivity (Wildman–Crippen MR) is 108 cm³/mol. The van der Waals surface area contributed by atoms with E-state index in [0.717, 1.165) is 28.0 Å². The summed E-state index contributed by atoms with van der Waals surface area (Å²) in [4.78, 5) is 16.7. The Morgan fingerprint density at radius 2 is 1.96 bits per heavy atom. The predicted octanol–water partition coefficient (Wildman–Crippen LogP) is 5.27. The first-order chi connectivity index (χ1) is 12.5. The number of thiazole rings is 1. The first-order valence-electron chi connectivity index (χ1n) is 8.94. The molecule has 136 valence electrons. The Hall–Kier alpha value is -2.40. The summed E-state index contributed by atoms with van der Waals surface area (Å²) in [5.41, 5.74) is 4.60. The van der Waals surface area contributed by atoms with Gasteiger partial charge < -0.3 is 10.1 Å². The molecule has 4 nitrogen and oxygen atoms in total. The fourth-order valence-electron chi connectivity index (χ4n) is 2.85. The van der Waals surface area contributed by atoms with E-state index in [1.54, 1.807) is 0 Å². The summed E-state index contributed by atoms with van der Waals surface area (Å²) in [5.74, 6) is 0.822. The lowest BCUT2D eigenvalue weighted by molar-refractivity contribution is -0.116. The molecule has 0 fully saturated rings. The summed E-state index contributed by atoms with van der Waals surface area (Å²) in [7, 11) is 0. The number of amides is 1. The molecule has 0 saturated carbocycles. The molecule has 1 amide bonds. The molecule has 1 N–H and O–H groups in total. The molecule has 0 aliphatic carbocycles. The summed E-state index contributed by atoms with van der Waals surface area (Å²) in [5, 5.41) is 3.57. The Balaban J connectivity index is 1.47. The highest BCUT2D eigenvalue weighted by Crippen LogP contribution is 2.29. The van der Waals surface area contributed by atoms with Crippen LogP contribution in [-0.4, -0.2) is 17.5 Å². The average Bonchev–Trinajstić information content (AvgIpc) is 3.02. The Morgan fingerprint density at radius 3 is 2.69 bits per heavy atom. The smallest absolute Gasteiger partial charge is 0.226 e. The van der Waals surface area contributed by atoms with Gasteiger partial charge in [-0.25, -0.2) is 4.98 Å². The van der Waals surface area contributed by atoms with E-state index in [9.17, 15) is 4.79 Å². The SMILES string of the molecule is CCc1ccc(OCCCC(=O)Nc2nc3c(C)cc(C)cc3s2)cc1. The zero-order chi connectivity index (χ0) is 18.5. The molecular weight excluding hydrogens is 344 g/mol. The van der Waals surface area contributed by atoms with Crippen LogP contribution in [0.4, 0.5) is 5.13 Å². The summed E-state index contributed by atoms with van der Waals surface area (Å²) in [6, 6.07) is 12.3. The van der Waals surface area contributed by atoms with Crippen molar-refractivity contribution in [3.8, 4) is 5.75 Å². The van der Waals surface area contributed by atoms with Crippen molar-refractivity contribution in [3.05, 3.63) is 53.1 Å². The van der Waals surface area contributed by atoms with E-state index >= 15 is 0 Å². The fraction of sp³-hybridized carbons (Fsp3) is 0.333. The minimum atomic E-state index is -0.0247. The number of ether oxygens (including phenoxy) is 1. The third-order valence-corrected chi connectivity index (χ3v) is 5.14. The highest BCUT2D eigenvalue weighted by Gasteiger charge is 2.10. The zero-order valence-corrected chi connectivity index (χ0v) is 16.3. The molecular formula is C21H24N2O2S. The van der Waals surface area contributed by atoms with Gasteiger partial charge in [-0.05, 0) is 61.6 Å². The third kappa shape index (κ3) is 4.61. The molecule has 0 aliphatic rings. The molecule has 0 aliphatic heterocycles. The van der Waals surface area contributed by atoms with Crippen LogP contribution in [0.3, 0.4) is 0 Å². The van der Waals surface area contributed by atoms with Crippen LogP contribution in [0.1, 0.15) is 36.5 Å². The minimum Gasteiger partial charge on any atom is -0.494 e. The van der Waals surface area contributed by atoms with Gasteiger partial charge in [0.1, 0.15) is 5.75 Å². The zero-order valence-electron chi connectivity index (χ0n) is 15.5. The molecule has 0 radical (unpaired) electrons. The lowest BCUT2D eigenvalue weighted by Gasteiger charge is -2.06. The van der Waals surface area contributed by atoms with Crippen molar-refractivity contribution in [2.45, 2.75) is 40.0 Å². The second kappa shape index (κ2) is 8.32. The van der Waals surface area contributed by atoms with Gasteiger partial charge in [0.25, 0.3) is 0 Å². The number of hydrogen-bond donors (Lipinski definition) is 1. The van der Waals surface area contributed by atoms with E-state index in [0.29, 0.717) is 24.6 Å². The van der Waals surface area contributed by atoms with Crippen molar-refractivity contribution < 1.29 is 9.53 Å². The first kappa shape index (κ1) is 18.4. The Morgan fingerprint density at radius 1 is 1.19 bits per heavy atom. The molecule has 26 heavy (non-hydrogen) atoms. The maximum absolute atomic E-state index is 12.1. The topological polar surface area (TPSA) is 51.2 Å². The van der Waals surface area contributed by atoms with Crippen LogP contribution in [0.15, 0.2) is 36.4 Å². The quantitative estimate of drug-likeness (QED) is 0.578. The average molecular weight is 369 g/mol. The number of fused-ring (bicyclic) bond motifs is 1. The van der Waals surface area contributed by atoms with Crippen LogP contribution >= 0.6 is 11.3 Å². The van der Waals surface area contributed by atoms with Crippen molar-refractivity contribution in [2.75, 3.05) is 11.9 Å². The molecule has 0 unspecified atom stereocenters. The molecule has 3 aromatic rings. The second-order valence-corrected chi connectivity index (χ2v) is 7.48. The van der Waals surface area contributed by atoms with Crippen LogP contribution in [-0.2, 0) is 11.2 Å².